The van der Waals surface area contributed by atoms with Crippen molar-refractivity contribution in [3.8, 4) is 0 Å². The minimum absolute atomic E-state index is 0.0329. The van der Waals surface area contributed by atoms with E-state index in [-0.39, 0.29) is 6.04 Å². The van der Waals surface area contributed by atoms with E-state index in [4.69, 9.17) is 5.73 Å². The van der Waals surface area contributed by atoms with Gasteiger partial charge < -0.3 is 16.4 Å². The quantitative estimate of drug-likeness (QED) is 0.798. The summed E-state index contributed by atoms with van der Waals surface area (Å²) in [7, 11) is 0. The molecule has 1 atom stereocenters. The van der Waals surface area contributed by atoms with Crippen molar-refractivity contribution in [2.75, 3.05) is 13.1 Å². The van der Waals surface area contributed by atoms with Gasteiger partial charge in [0.15, 0.2) is 5.96 Å². The molecule has 0 amide bonds. The number of aliphatic imine (C=N–C) groups is 1. The normalized spacial score (nSPS) is 21.9. The van der Waals surface area contributed by atoms with Crippen LogP contribution in [0.15, 0.2) is 82.5 Å². The maximum atomic E-state index is 6.08. The third kappa shape index (κ3) is 2.84. The second-order valence-electron chi connectivity index (χ2n) is 6.04. The van der Waals surface area contributed by atoms with Gasteiger partial charge in [-0.15, -0.1) is 0 Å². The molecular formula is C20H20N4. The number of nitrogens with zero attached hydrogens (tertiary/aromatic N) is 1. The summed E-state index contributed by atoms with van der Waals surface area (Å²) in [6.07, 6.45) is 2.20. The third-order valence-corrected chi connectivity index (χ3v) is 4.38. The molecule has 4 nitrogen and oxygen atoms in total. The number of guanidine groups is 1. The fraction of sp³-hybridized carbons (Fsp3) is 0.150. The Morgan fingerprint density at radius 1 is 0.958 bits per heavy atom. The van der Waals surface area contributed by atoms with Crippen molar-refractivity contribution in [2.24, 2.45) is 10.7 Å². The number of nitrogens with two attached hydrogens (primary N) is 1. The molecule has 0 fully saturated rings. The second kappa shape index (κ2) is 6.34. The minimum atomic E-state index is -0.0329. The van der Waals surface area contributed by atoms with Crippen molar-refractivity contribution in [1.29, 1.82) is 0 Å². The summed E-state index contributed by atoms with van der Waals surface area (Å²) in [5.41, 5.74) is 12.0. The zero-order chi connectivity index (χ0) is 16.4. The number of hydrogen-bond donors (Lipinski definition) is 3. The maximum absolute atomic E-state index is 6.08. The van der Waals surface area contributed by atoms with Crippen LogP contribution in [-0.4, -0.2) is 19.0 Å². The summed E-state index contributed by atoms with van der Waals surface area (Å²) in [5.74, 6) is 0.475. The van der Waals surface area contributed by atoms with E-state index in [1.54, 1.807) is 0 Å². The lowest BCUT2D eigenvalue weighted by molar-refractivity contribution is 0.658. The Kier molecular flexibility index (Phi) is 3.89. The zero-order valence-electron chi connectivity index (χ0n) is 13.4. The van der Waals surface area contributed by atoms with Crippen molar-refractivity contribution in [3.63, 3.8) is 0 Å². The average molecular weight is 316 g/mol. The van der Waals surface area contributed by atoms with Crippen LogP contribution >= 0.6 is 0 Å². The third-order valence-electron chi connectivity index (χ3n) is 4.38. The van der Waals surface area contributed by atoms with E-state index in [2.05, 4.69) is 58.1 Å². The standard InChI is InChI=1S/C20H20N4/c21-20-23-18(15-9-5-2-6-10-15)17-13-22-12-16(19(17)24-20)11-14-7-3-1-4-8-14/h1-11,18,22H,12-13H2,(H3,21,23,24). The smallest absolute Gasteiger partial charge is 0.194 e. The Balaban J connectivity index is 1.77. The highest BCUT2D eigenvalue weighted by atomic mass is 15.1. The van der Waals surface area contributed by atoms with Crippen molar-refractivity contribution >= 4 is 12.0 Å². The fourth-order valence-electron chi connectivity index (χ4n) is 3.27. The summed E-state index contributed by atoms with van der Waals surface area (Å²) < 4.78 is 0. The molecule has 2 aromatic rings. The molecule has 4 rings (SSSR count). The van der Waals surface area contributed by atoms with Gasteiger partial charge in [-0.3, -0.25) is 0 Å². The summed E-state index contributed by atoms with van der Waals surface area (Å²) in [6.45, 7) is 1.63. The number of rotatable bonds is 2. The van der Waals surface area contributed by atoms with Gasteiger partial charge in [0.05, 0.1) is 0 Å². The lowest BCUT2D eigenvalue weighted by Gasteiger charge is -2.32. The lowest BCUT2D eigenvalue weighted by atomic mass is 9.90. The first kappa shape index (κ1) is 14.7. The molecule has 2 aliphatic rings. The van der Waals surface area contributed by atoms with Crippen molar-refractivity contribution in [3.05, 3.63) is 88.6 Å². The molecule has 0 saturated carbocycles. The van der Waals surface area contributed by atoms with E-state index in [0.29, 0.717) is 5.96 Å². The molecule has 24 heavy (non-hydrogen) atoms. The maximum Gasteiger partial charge on any atom is 0.194 e. The Morgan fingerprint density at radius 2 is 1.67 bits per heavy atom. The number of hydrogen-bond acceptors (Lipinski definition) is 4. The van der Waals surface area contributed by atoms with Gasteiger partial charge in [-0.25, -0.2) is 4.99 Å². The summed E-state index contributed by atoms with van der Waals surface area (Å²) >= 11 is 0. The lowest BCUT2D eigenvalue weighted by Crippen LogP contribution is -2.43. The highest BCUT2D eigenvalue weighted by Crippen LogP contribution is 2.33. The Bertz CT molecular complexity index is 819. The van der Waals surface area contributed by atoms with Crippen LogP contribution in [0.25, 0.3) is 6.08 Å². The molecule has 1 unspecified atom stereocenters. The SMILES string of the molecule is NC1=NC(c2ccccc2)C2=C(N1)C(=Cc1ccccc1)CNC2. The molecule has 0 aromatic heterocycles. The van der Waals surface area contributed by atoms with Gasteiger partial charge in [-0.05, 0) is 28.3 Å². The van der Waals surface area contributed by atoms with Gasteiger partial charge in [-0.1, -0.05) is 60.7 Å². The largest absolute Gasteiger partial charge is 0.370 e. The van der Waals surface area contributed by atoms with Crippen LogP contribution in [0, 0.1) is 0 Å². The molecule has 120 valence electrons. The van der Waals surface area contributed by atoms with E-state index < -0.39 is 0 Å². The van der Waals surface area contributed by atoms with Crippen molar-refractivity contribution < 1.29 is 0 Å². The van der Waals surface area contributed by atoms with Crippen LogP contribution in [0.3, 0.4) is 0 Å². The molecule has 4 heteroatoms. The highest BCUT2D eigenvalue weighted by molar-refractivity contribution is 5.84. The molecule has 0 radical (unpaired) electrons. The molecule has 2 aromatic carbocycles. The first-order valence-electron chi connectivity index (χ1n) is 8.16. The van der Waals surface area contributed by atoms with Gasteiger partial charge in [-0.2, -0.15) is 0 Å². The van der Waals surface area contributed by atoms with Gasteiger partial charge in [0, 0.05) is 18.8 Å². The van der Waals surface area contributed by atoms with Gasteiger partial charge in [0.1, 0.15) is 6.04 Å². The fourth-order valence-corrected chi connectivity index (χ4v) is 3.27. The molecule has 0 spiro atoms. The molecular weight excluding hydrogens is 296 g/mol. The summed E-state index contributed by atoms with van der Waals surface area (Å²) in [6, 6.07) is 20.6. The number of nitrogens with one attached hydrogen (secondary N) is 2. The Labute approximate surface area is 141 Å². The predicted octanol–water partition coefficient (Wildman–Crippen LogP) is 2.59. The van der Waals surface area contributed by atoms with Crippen LogP contribution in [0.4, 0.5) is 0 Å². The van der Waals surface area contributed by atoms with Crippen LogP contribution < -0.4 is 16.4 Å². The monoisotopic (exact) mass is 316 g/mol. The van der Waals surface area contributed by atoms with E-state index in [1.807, 2.05) is 24.3 Å². The molecule has 0 bridgehead atoms. The van der Waals surface area contributed by atoms with E-state index in [9.17, 15) is 0 Å². The van der Waals surface area contributed by atoms with Crippen LogP contribution in [0.1, 0.15) is 17.2 Å². The van der Waals surface area contributed by atoms with Crippen molar-refractivity contribution in [1.82, 2.24) is 10.6 Å². The topological polar surface area (TPSA) is 62.4 Å². The molecule has 4 N–H and O–H groups in total. The van der Waals surface area contributed by atoms with Crippen LogP contribution in [0.2, 0.25) is 0 Å². The zero-order valence-corrected chi connectivity index (χ0v) is 13.4. The van der Waals surface area contributed by atoms with Crippen LogP contribution in [-0.2, 0) is 0 Å². The number of benzene rings is 2. The summed E-state index contributed by atoms with van der Waals surface area (Å²) in [4.78, 5) is 4.64. The average Bonchev–Trinajstić information content (AvgIpc) is 2.63. The minimum Gasteiger partial charge on any atom is -0.370 e. The molecule has 0 saturated heterocycles. The molecule has 2 aliphatic heterocycles. The Morgan fingerprint density at radius 3 is 2.42 bits per heavy atom. The highest BCUT2D eigenvalue weighted by Gasteiger charge is 2.28. The summed E-state index contributed by atoms with van der Waals surface area (Å²) in [5, 5.41) is 6.78. The van der Waals surface area contributed by atoms with Crippen molar-refractivity contribution in [2.45, 2.75) is 6.04 Å². The van der Waals surface area contributed by atoms with Crippen LogP contribution in [0.5, 0.6) is 0 Å². The Hall–Kier alpha value is -2.85. The van der Waals surface area contributed by atoms with Gasteiger partial charge in [0.25, 0.3) is 0 Å². The van der Waals surface area contributed by atoms with E-state index in [1.165, 1.54) is 16.7 Å². The van der Waals surface area contributed by atoms with E-state index >= 15 is 0 Å². The van der Waals surface area contributed by atoms with E-state index in [0.717, 1.165) is 24.4 Å². The molecule has 0 aliphatic carbocycles. The molecule has 2 heterocycles. The van der Waals surface area contributed by atoms with Gasteiger partial charge in [0.2, 0.25) is 0 Å². The first-order valence-corrected chi connectivity index (χ1v) is 8.16. The first-order chi connectivity index (χ1) is 11.8. The second-order valence-corrected chi connectivity index (χ2v) is 6.04. The predicted molar refractivity (Wildman–Crippen MR) is 98.3 cm³/mol. The van der Waals surface area contributed by atoms with Gasteiger partial charge >= 0.3 is 0 Å².